The average Bonchev–Trinajstić information content (AvgIpc) is 2.44. The summed E-state index contributed by atoms with van der Waals surface area (Å²) >= 11 is 8.97. The Morgan fingerprint density at radius 2 is 2.10 bits per heavy atom. The standard InChI is InChI=1S/C14H7BrClFN2O/c15-13-9(2-1-3-11(13)17)14(20)19-12-6-8(7-18)4-5-10(12)16/h1-6H,(H,19,20). The number of halogens is 3. The monoisotopic (exact) mass is 352 g/mol. The zero-order chi connectivity index (χ0) is 14.7. The van der Waals surface area contributed by atoms with Gasteiger partial charge in [0.1, 0.15) is 5.82 Å². The van der Waals surface area contributed by atoms with Crippen molar-refractivity contribution in [3.05, 3.63) is 62.8 Å². The van der Waals surface area contributed by atoms with Crippen LogP contribution < -0.4 is 5.32 Å². The molecule has 0 aromatic heterocycles. The van der Waals surface area contributed by atoms with Gasteiger partial charge in [0.25, 0.3) is 5.91 Å². The molecule has 0 aliphatic rings. The predicted octanol–water partition coefficient (Wildman–Crippen LogP) is 4.37. The number of rotatable bonds is 2. The molecule has 1 amide bonds. The van der Waals surface area contributed by atoms with Crippen molar-refractivity contribution < 1.29 is 9.18 Å². The van der Waals surface area contributed by atoms with Crippen LogP contribution >= 0.6 is 27.5 Å². The predicted molar refractivity (Wildman–Crippen MR) is 78.2 cm³/mol. The molecule has 1 N–H and O–H groups in total. The summed E-state index contributed by atoms with van der Waals surface area (Å²) in [6.45, 7) is 0. The maximum atomic E-state index is 13.4. The summed E-state index contributed by atoms with van der Waals surface area (Å²) in [5, 5.41) is 11.7. The number of benzene rings is 2. The fourth-order valence-electron chi connectivity index (χ4n) is 1.56. The topological polar surface area (TPSA) is 52.9 Å². The molecule has 0 heterocycles. The second kappa shape index (κ2) is 6.04. The summed E-state index contributed by atoms with van der Waals surface area (Å²) in [6, 6.07) is 10.6. The highest BCUT2D eigenvalue weighted by molar-refractivity contribution is 9.10. The zero-order valence-corrected chi connectivity index (χ0v) is 12.3. The van der Waals surface area contributed by atoms with Crippen molar-refractivity contribution in [1.82, 2.24) is 0 Å². The first-order chi connectivity index (χ1) is 9.52. The van der Waals surface area contributed by atoms with Gasteiger partial charge in [0.2, 0.25) is 0 Å². The molecule has 0 unspecified atom stereocenters. The van der Waals surface area contributed by atoms with E-state index >= 15 is 0 Å². The third-order valence-electron chi connectivity index (χ3n) is 2.54. The lowest BCUT2D eigenvalue weighted by Crippen LogP contribution is -2.13. The first-order valence-corrected chi connectivity index (χ1v) is 6.65. The van der Waals surface area contributed by atoms with Crippen molar-refractivity contribution in [3.8, 4) is 6.07 Å². The van der Waals surface area contributed by atoms with Crippen molar-refractivity contribution in [2.75, 3.05) is 5.32 Å². The smallest absolute Gasteiger partial charge is 0.256 e. The van der Waals surface area contributed by atoms with Crippen LogP contribution in [-0.2, 0) is 0 Å². The minimum absolute atomic E-state index is 0.0741. The maximum absolute atomic E-state index is 13.4. The average molecular weight is 354 g/mol. The molecule has 6 heteroatoms. The summed E-state index contributed by atoms with van der Waals surface area (Å²) in [5.74, 6) is -1.05. The summed E-state index contributed by atoms with van der Waals surface area (Å²) in [4.78, 5) is 12.1. The van der Waals surface area contributed by atoms with Gasteiger partial charge >= 0.3 is 0 Å². The van der Waals surface area contributed by atoms with Gasteiger partial charge in [-0.25, -0.2) is 4.39 Å². The van der Waals surface area contributed by atoms with Crippen LogP contribution in [0.2, 0.25) is 5.02 Å². The number of nitrogens with zero attached hydrogens (tertiary/aromatic N) is 1. The van der Waals surface area contributed by atoms with Crippen LogP contribution in [0.15, 0.2) is 40.9 Å². The van der Waals surface area contributed by atoms with Gasteiger partial charge in [-0.1, -0.05) is 17.7 Å². The Bertz CT molecular complexity index is 728. The van der Waals surface area contributed by atoms with Gasteiger partial charge in [0.05, 0.1) is 32.4 Å². The van der Waals surface area contributed by atoms with E-state index in [4.69, 9.17) is 16.9 Å². The van der Waals surface area contributed by atoms with E-state index in [9.17, 15) is 9.18 Å². The SMILES string of the molecule is N#Cc1ccc(Cl)c(NC(=O)c2cccc(F)c2Br)c1. The van der Waals surface area contributed by atoms with E-state index < -0.39 is 11.7 Å². The Labute approximate surface area is 128 Å². The first kappa shape index (κ1) is 14.5. The first-order valence-electron chi connectivity index (χ1n) is 5.48. The van der Waals surface area contributed by atoms with Gasteiger partial charge in [-0.3, -0.25) is 4.79 Å². The fourth-order valence-corrected chi connectivity index (χ4v) is 2.17. The summed E-state index contributed by atoms with van der Waals surface area (Å²) < 4.78 is 13.5. The number of nitrogens with one attached hydrogen (secondary N) is 1. The number of nitriles is 1. The minimum atomic E-state index is -0.533. The third-order valence-corrected chi connectivity index (χ3v) is 3.68. The Kier molecular flexibility index (Phi) is 4.38. The quantitative estimate of drug-likeness (QED) is 0.872. The largest absolute Gasteiger partial charge is 0.321 e. The normalized spacial score (nSPS) is 9.90. The highest BCUT2D eigenvalue weighted by atomic mass is 79.9. The Morgan fingerprint density at radius 3 is 2.80 bits per heavy atom. The van der Waals surface area contributed by atoms with Gasteiger partial charge in [-0.2, -0.15) is 5.26 Å². The molecule has 20 heavy (non-hydrogen) atoms. The molecule has 2 rings (SSSR count). The van der Waals surface area contributed by atoms with E-state index in [0.29, 0.717) is 16.3 Å². The molecule has 3 nitrogen and oxygen atoms in total. The van der Waals surface area contributed by atoms with Gasteiger partial charge in [0.15, 0.2) is 0 Å². The van der Waals surface area contributed by atoms with Crippen molar-refractivity contribution in [3.63, 3.8) is 0 Å². The van der Waals surface area contributed by atoms with Crippen LogP contribution in [0.4, 0.5) is 10.1 Å². The van der Waals surface area contributed by atoms with Crippen LogP contribution in [0.25, 0.3) is 0 Å². The van der Waals surface area contributed by atoms with Gasteiger partial charge in [0, 0.05) is 0 Å². The van der Waals surface area contributed by atoms with E-state index in [1.165, 1.54) is 36.4 Å². The molecule has 0 saturated heterocycles. The van der Waals surface area contributed by atoms with Crippen LogP contribution in [0.1, 0.15) is 15.9 Å². The van der Waals surface area contributed by atoms with E-state index in [-0.39, 0.29) is 10.0 Å². The van der Waals surface area contributed by atoms with Crippen molar-refractivity contribution in [2.24, 2.45) is 0 Å². The van der Waals surface area contributed by atoms with Crippen molar-refractivity contribution >= 4 is 39.1 Å². The molecule has 0 radical (unpaired) electrons. The molecule has 0 aliphatic carbocycles. The number of anilines is 1. The summed E-state index contributed by atoms with van der Waals surface area (Å²) in [7, 11) is 0. The van der Waals surface area contributed by atoms with Crippen LogP contribution in [0, 0.1) is 17.1 Å². The molecule has 2 aromatic rings. The van der Waals surface area contributed by atoms with Crippen LogP contribution in [0.5, 0.6) is 0 Å². The lowest BCUT2D eigenvalue weighted by Gasteiger charge is -2.09. The van der Waals surface area contributed by atoms with Crippen LogP contribution in [0.3, 0.4) is 0 Å². The summed E-state index contributed by atoms with van der Waals surface area (Å²) in [5.41, 5.74) is 0.804. The second-order valence-electron chi connectivity index (χ2n) is 3.86. The fraction of sp³-hybridized carbons (Fsp3) is 0. The number of amides is 1. The van der Waals surface area contributed by atoms with Crippen molar-refractivity contribution in [1.29, 1.82) is 5.26 Å². The molecular formula is C14H7BrClFN2O. The molecule has 2 aromatic carbocycles. The third kappa shape index (κ3) is 2.98. The Morgan fingerprint density at radius 1 is 1.35 bits per heavy atom. The molecule has 100 valence electrons. The molecular weight excluding hydrogens is 347 g/mol. The molecule has 0 saturated carbocycles. The number of hydrogen-bond acceptors (Lipinski definition) is 2. The van der Waals surface area contributed by atoms with Gasteiger partial charge < -0.3 is 5.32 Å². The Hall–Kier alpha value is -1.90. The Balaban J connectivity index is 2.33. The maximum Gasteiger partial charge on any atom is 0.256 e. The van der Waals surface area contributed by atoms with Gasteiger partial charge in [-0.05, 0) is 46.3 Å². The highest BCUT2D eigenvalue weighted by Crippen LogP contribution is 2.25. The number of carbonyl (C=O) groups is 1. The van der Waals surface area contributed by atoms with E-state index in [1.807, 2.05) is 6.07 Å². The summed E-state index contributed by atoms with van der Waals surface area (Å²) in [6.07, 6.45) is 0. The number of carbonyl (C=O) groups excluding carboxylic acids is 1. The van der Waals surface area contributed by atoms with E-state index in [0.717, 1.165) is 0 Å². The minimum Gasteiger partial charge on any atom is -0.321 e. The molecule has 0 atom stereocenters. The second-order valence-corrected chi connectivity index (χ2v) is 5.06. The lowest BCUT2D eigenvalue weighted by molar-refractivity contribution is 0.102. The lowest BCUT2D eigenvalue weighted by atomic mass is 10.2. The molecule has 0 bridgehead atoms. The molecule has 0 fully saturated rings. The zero-order valence-electron chi connectivity index (χ0n) is 9.95. The van der Waals surface area contributed by atoms with Gasteiger partial charge in [-0.15, -0.1) is 0 Å². The molecule has 0 aliphatic heterocycles. The van der Waals surface area contributed by atoms with Crippen molar-refractivity contribution in [2.45, 2.75) is 0 Å². The van der Waals surface area contributed by atoms with Crippen LogP contribution in [-0.4, -0.2) is 5.91 Å². The van der Waals surface area contributed by atoms with E-state index in [2.05, 4.69) is 21.2 Å². The van der Waals surface area contributed by atoms with E-state index in [1.54, 1.807) is 0 Å². The molecule has 0 spiro atoms. The highest BCUT2D eigenvalue weighted by Gasteiger charge is 2.14. The number of hydrogen-bond donors (Lipinski definition) is 1.